The van der Waals surface area contributed by atoms with Crippen molar-refractivity contribution < 1.29 is 24.8 Å². The van der Waals surface area contributed by atoms with E-state index >= 15 is 0 Å². The van der Waals surface area contributed by atoms with Crippen LogP contribution in [-0.2, 0) is 9.47 Å². The lowest BCUT2D eigenvalue weighted by Crippen LogP contribution is -2.34. The molecule has 1 unspecified atom stereocenters. The first-order valence-corrected chi connectivity index (χ1v) is 3.90. The number of hydrogen-bond donors (Lipinski definition) is 3. The Morgan fingerprint density at radius 1 is 1.38 bits per heavy atom. The summed E-state index contributed by atoms with van der Waals surface area (Å²) >= 11 is 0. The molecule has 13 heavy (non-hydrogen) atoms. The first-order valence-electron chi connectivity index (χ1n) is 3.90. The van der Waals surface area contributed by atoms with E-state index in [1.807, 2.05) is 0 Å². The number of aliphatic hydroxyl groups excluding tert-OH is 3. The van der Waals surface area contributed by atoms with Crippen LogP contribution in [0.25, 0.3) is 0 Å². The van der Waals surface area contributed by atoms with Crippen molar-refractivity contribution in [1.29, 1.82) is 0 Å². The molecule has 0 aromatic rings. The lowest BCUT2D eigenvalue weighted by molar-refractivity contribution is -0.131. The highest BCUT2D eigenvalue weighted by molar-refractivity contribution is 4.91. The van der Waals surface area contributed by atoms with Crippen molar-refractivity contribution in [3.8, 4) is 12.0 Å². The molecule has 1 saturated heterocycles. The fourth-order valence-corrected chi connectivity index (χ4v) is 1.08. The quantitative estimate of drug-likeness (QED) is 0.456. The normalized spacial score (nSPS) is 38.2. The monoisotopic (exact) mass is 188 g/mol. The fourth-order valence-electron chi connectivity index (χ4n) is 1.08. The van der Waals surface area contributed by atoms with Gasteiger partial charge in [-0.3, -0.25) is 0 Å². The van der Waals surface area contributed by atoms with E-state index in [-0.39, 0.29) is 6.61 Å². The Morgan fingerprint density at radius 2 is 2.08 bits per heavy atom. The molecule has 3 N–H and O–H groups in total. The second-order valence-electron chi connectivity index (χ2n) is 2.68. The maximum atomic E-state index is 9.31. The zero-order chi connectivity index (χ0) is 9.84. The molecule has 0 aromatic carbocycles. The Morgan fingerprint density at radius 3 is 2.54 bits per heavy atom. The summed E-state index contributed by atoms with van der Waals surface area (Å²) in [5.41, 5.74) is 0. The summed E-state index contributed by atoms with van der Waals surface area (Å²) in [6.45, 7) is 1.21. The van der Waals surface area contributed by atoms with Gasteiger partial charge in [-0.15, -0.1) is 0 Å². The van der Waals surface area contributed by atoms with Crippen LogP contribution < -0.4 is 0 Å². The van der Waals surface area contributed by atoms with Gasteiger partial charge in [-0.2, -0.15) is 0 Å². The maximum Gasteiger partial charge on any atom is 0.239 e. The summed E-state index contributed by atoms with van der Waals surface area (Å²) in [6, 6.07) is 0. The van der Waals surface area contributed by atoms with Crippen LogP contribution in [0.5, 0.6) is 0 Å². The van der Waals surface area contributed by atoms with Crippen LogP contribution in [0.2, 0.25) is 0 Å². The Bertz CT molecular complexity index is 218. The number of aliphatic hydroxyl groups is 3. The van der Waals surface area contributed by atoms with Crippen molar-refractivity contribution in [3.05, 3.63) is 0 Å². The number of rotatable bonds is 2. The van der Waals surface area contributed by atoms with Crippen molar-refractivity contribution >= 4 is 0 Å². The largest absolute Gasteiger partial charge is 0.411 e. The van der Waals surface area contributed by atoms with Crippen LogP contribution >= 0.6 is 0 Å². The summed E-state index contributed by atoms with van der Waals surface area (Å²) in [7, 11) is 0. The van der Waals surface area contributed by atoms with Crippen molar-refractivity contribution in [3.63, 3.8) is 0 Å². The van der Waals surface area contributed by atoms with Crippen molar-refractivity contribution in [1.82, 2.24) is 0 Å². The predicted molar refractivity (Wildman–Crippen MR) is 42.3 cm³/mol. The molecule has 1 aliphatic rings. The van der Waals surface area contributed by atoms with Crippen LogP contribution in [0.4, 0.5) is 0 Å². The van der Waals surface area contributed by atoms with E-state index in [1.165, 1.54) is 0 Å². The standard InChI is InChI=1S/C8H12O5/c1-2-3-12-8-7(11)6(10)5(4-9)13-8/h5-11H,4H2,1H3/t5-,6-,7-,8?/m1/s1. The average Bonchev–Trinajstić information content (AvgIpc) is 2.41. The van der Waals surface area contributed by atoms with Crippen LogP contribution in [0.15, 0.2) is 0 Å². The van der Waals surface area contributed by atoms with Crippen LogP contribution in [0, 0.1) is 12.0 Å². The molecular weight excluding hydrogens is 176 g/mol. The first kappa shape index (κ1) is 10.3. The third kappa shape index (κ3) is 2.11. The summed E-state index contributed by atoms with van der Waals surface area (Å²) in [5.74, 6) is 2.46. The minimum absolute atomic E-state index is 0.363. The highest BCUT2D eigenvalue weighted by atomic mass is 16.7. The molecule has 1 fully saturated rings. The van der Waals surface area contributed by atoms with Gasteiger partial charge in [0.25, 0.3) is 0 Å². The van der Waals surface area contributed by atoms with Crippen molar-refractivity contribution in [2.45, 2.75) is 31.5 Å². The molecule has 0 bridgehead atoms. The van der Waals surface area contributed by atoms with E-state index < -0.39 is 24.6 Å². The second kappa shape index (κ2) is 4.44. The molecule has 0 aromatic heterocycles. The van der Waals surface area contributed by atoms with Gasteiger partial charge in [0.15, 0.2) is 0 Å². The molecule has 4 atom stereocenters. The van der Waals surface area contributed by atoms with Crippen LogP contribution in [-0.4, -0.2) is 46.5 Å². The van der Waals surface area contributed by atoms with E-state index in [2.05, 4.69) is 12.0 Å². The summed E-state index contributed by atoms with van der Waals surface area (Å²) < 4.78 is 9.72. The van der Waals surface area contributed by atoms with Gasteiger partial charge in [0.2, 0.25) is 6.29 Å². The summed E-state index contributed by atoms with van der Waals surface area (Å²) in [5, 5.41) is 27.3. The molecule has 0 radical (unpaired) electrons. The Hall–Kier alpha value is -0.800. The lowest BCUT2D eigenvalue weighted by atomic mass is 10.1. The van der Waals surface area contributed by atoms with E-state index in [4.69, 9.17) is 14.6 Å². The Balaban J connectivity index is 2.53. The molecule has 0 spiro atoms. The van der Waals surface area contributed by atoms with Gasteiger partial charge in [0, 0.05) is 6.92 Å². The first-order chi connectivity index (χ1) is 6.20. The van der Waals surface area contributed by atoms with Crippen LogP contribution in [0.1, 0.15) is 6.92 Å². The minimum atomic E-state index is -1.17. The lowest BCUT2D eigenvalue weighted by Gasteiger charge is -2.10. The van der Waals surface area contributed by atoms with Gasteiger partial charge in [0.05, 0.1) is 6.61 Å². The minimum Gasteiger partial charge on any atom is -0.411 e. The van der Waals surface area contributed by atoms with E-state index in [1.54, 1.807) is 6.92 Å². The van der Waals surface area contributed by atoms with Gasteiger partial charge in [-0.1, -0.05) is 5.92 Å². The maximum absolute atomic E-state index is 9.31. The van der Waals surface area contributed by atoms with Gasteiger partial charge in [-0.05, 0) is 0 Å². The SMILES string of the molecule is CC#COC1O[C@H](CO)[C@@H](O)[C@H]1O. The van der Waals surface area contributed by atoms with Crippen molar-refractivity contribution in [2.24, 2.45) is 0 Å². The molecule has 0 amide bonds. The van der Waals surface area contributed by atoms with Gasteiger partial charge < -0.3 is 24.8 Å². The number of hydrogen-bond acceptors (Lipinski definition) is 5. The Kier molecular flexibility index (Phi) is 3.51. The van der Waals surface area contributed by atoms with Crippen molar-refractivity contribution in [2.75, 3.05) is 6.61 Å². The Labute approximate surface area is 75.9 Å². The van der Waals surface area contributed by atoms with Gasteiger partial charge >= 0.3 is 0 Å². The summed E-state index contributed by atoms with van der Waals surface area (Å²) in [4.78, 5) is 0. The fraction of sp³-hybridized carbons (Fsp3) is 0.750. The third-order valence-corrected chi connectivity index (χ3v) is 1.78. The van der Waals surface area contributed by atoms with E-state index in [0.29, 0.717) is 0 Å². The predicted octanol–water partition coefficient (Wildman–Crippen LogP) is -1.58. The summed E-state index contributed by atoms with van der Waals surface area (Å²) in [6.07, 6.45) is -1.83. The zero-order valence-electron chi connectivity index (χ0n) is 7.17. The molecule has 1 aliphatic heterocycles. The zero-order valence-corrected chi connectivity index (χ0v) is 7.17. The van der Waals surface area contributed by atoms with Crippen LogP contribution in [0.3, 0.4) is 0 Å². The highest BCUT2D eigenvalue weighted by Gasteiger charge is 2.43. The van der Waals surface area contributed by atoms with E-state index in [0.717, 1.165) is 0 Å². The third-order valence-electron chi connectivity index (χ3n) is 1.78. The molecule has 5 nitrogen and oxygen atoms in total. The topological polar surface area (TPSA) is 79.2 Å². The number of ether oxygens (including phenoxy) is 2. The van der Waals surface area contributed by atoms with Gasteiger partial charge in [0.1, 0.15) is 24.4 Å². The van der Waals surface area contributed by atoms with E-state index in [9.17, 15) is 10.2 Å². The molecule has 74 valence electrons. The highest BCUT2D eigenvalue weighted by Crippen LogP contribution is 2.21. The smallest absolute Gasteiger partial charge is 0.239 e. The molecule has 1 rings (SSSR count). The van der Waals surface area contributed by atoms with Gasteiger partial charge in [-0.25, -0.2) is 0 Å². The molecule has 0 aliphatic carbocycles. The molecular formula is C8H12O5. The molecule has 0 saturated carbocycles. The molecule has 5 heteroatoms. The molecule has 1 heterocycles. The average molecular weight is 188 g/mol. The second-order valence-corrected chi connectivity index (χ2v) is 2.68.